The molecule has 0 unspecified atom stereocenters. The number of nitrogens with one attached hydrogen (secondary N) is 1. The summed E-state index contributed by atoms with van der Waals surface area (Å²) >= 11 is 0. The van der Waals surface area contributed by atoms with Gasteiger partial charge in [-0.2, -0.15) is 5.10 Å². The smallest absolute Gasteiger partial charge is 0.269 e. The van der Waals surface area contributed by atoms with Crippen LogP contribution in [0.25, 0.3) is 0 Å². The highest BCUT2D eigenvalue weighted by molar-refractivity contribution is 5.93. The average molecular weight is 331 g/mol. The number of rotatable bonds is 4. The van der Waals surface area contributed by atoms with E-state index in [4.69, 9.17) is 0 Å². The number of nitrogens with zero attached hydrogens (tertiary/aromatic N) is 4. The molecule has 1 aliphatic carbocycles. The van der Waals surface area contributed by atoms with E-state index in [2.05, 4.69) is 20.4 Å². The molecule has 0 spiro atoms. The molecule has 2 heterocycles. The molecule has 1 fully saturated rings. The zero-order valence-corrected chi connectivity index (χ0v) is 13.6. The molecule has 0 radical (unpaired) electrons. The van der Waals surface area contributed by atoms with Gasteiger partial charge in [-0.3, -0.25) is 9.48 Å². The first kappa shape index (κ1) is 16.5. The van der Waals surface area contributed by atoms with Gasteiger partial charge in [0, 0.05) is 24.9 Å². The molecule has 4 atom stereocenters. The highest BCUT2D eigenvalue weighted by atomic mass is 16.3. The fourth-order valence-corrected chi connectivity index (χ4v) is 3.25. The first-order valence-corrected chi connectivity index (χ1v) is 7.97. The maximum absolute atomic E-state index is 12.6. The lowest BCUT2D eigenvalue weighted by Gasteiger charge is -2.23. The number of hydrogen-bond donors (Lipinski definition) is 3. The summed E-state index contributed by atoms with van der Waals surface area (Å²) in [6.45, 7) is 4.30. The van der Waals surface area contributed by atoms with Crippen molar-refractivity contribution in [2.75, 3.05) is 0 Å². The number of aliphatic hydroxyl groups excluding tert-OH is 2. The molecule has 3 N–H and O–H groups in total. The largest absolute Gasteiger partial charge is 0.390 e. The highest BCUT2D eigenvalue weighted by Crippen LogP contribution is 2.34. The molecule has 1 aliphatic rings. The van der Waals surface area contributed by atoms with E-state index < -0.39 is 18.2 Å². The second-order valence-electron chi connectivity index (χ2n) is 6.06. The lowest BCUT2D eigenvalue weighted by atomic mass is 9.96. The van der Waals surface area contributed by atoms with Crippen LogP contribution >= 0.6 is 0 Å². The zero-order chi connectivity index (χ0) is 17.3. The van der Waals surface area contributed by atoms with Crippen molar-refractivity contribution in [1.29, 1.82) is 0 Å². The minimum Gasteiger partial charge on any atom is -0.390 e. The summed E-state index contributed by atoms with van der Waals surface area (Å²) in [7, 11) is 0. The summed E-state index contributed by atoms with van der Waals surface area (Å²) in [5.41, 5.74) is 1.97. The van der Waals surface area contributed by atoms with Crippen molar-refractivity contribution in [3.05, 3.63) is 41.7 Å². The van der Waals surface area contributed by atoms with Gasteiger partial charge in [-0.25, -0.2) is 9.97 Å². The molecule has 0 saturated heterocycles. The second kappa shape index (κ2) is 6.66. The zero-order valence-electron chi connectivity index (χ0n) is 13.6. The summed E-state index contributed by atoms with van der Waals surface area (Å²) < 4.78 is 1.61. The molecule has 1 saturated carbocycles. The summed E-state index contributed by atoms with van der Waals surface area (Å²) in [6, 6.07) is 1.09. The molecule has 3 rings (SSSR count). The van der Waals surface area contributed by atoms with E-state index >= 15 is 0 Å². The van der Waals surface area contributed by atoms with Gasteiger partial charge in [-0.15, -0.1) is 0 Å². The summed E-state index contributed by atoms with van der Waals surface area (Å²) in [5, 5.41) is 27.4. The molecule has 8 nitrogen and oxygen atoms in total. The molecule has 8 heteroatoms. The van der Waals surface area contributed by atoms with Crippen LogP contribution in [0.2, 0.25) is 0 Å². The van der Waals surface area contributed by atoms with Crippen LogP contribution in [0.15, 0.2) is 24.8 Å². The van der Waals surface area contributed by atoms with Gasteiger partial charge in [0.1, 0.15) is 18.1 Å². The van der Waals surface area contributed by atoms with Gasteiger partial charge in [-0.05, 0) is 31.9 Å². The Balaban J connectivity index is 1.84. The fourth-order valence-electron chi connectivity index (χ4n) is 3.25. The average Bonchev–Trinajstić information content (AvgIpc) is 3.10. The monoisotopic (exact) mass is 331 g/mol. The van der Waals surface area contributed by atoms with Gasteiger partial charge in [0.05, 0.1) is 17.8 Å². The number of aryl methyl sites for hydroxylation is 2. The number of aliphatic hydroxyl groups is 2. The fraction of sp³-hybridized carbons (Fsp3) is 0.500. The van der Waals surface area contributed by atoms with Crippen molar-refractivity contribution in [2.24, 2.45) is 0 Å². The van der Waals surface area contributed by atoms with Crippen molar-refractivity contribution >= 4 is 5.91 Å². The first-order chi connectivity index (χ1) is 11.5. The molecular weight excluding hydrogens is 310 g/mol. The van der Waals surface area contributed by atoms with Crippen LogP contribution in [-0.4, -0.2) is 54.1 Å². The second-order valence-corrected chi connectivity index (χ2v) is 6.06. The first-order valence-electron chi connectivity index (χ1n) is 7.97. The minimum atomic E-state index is -1.04. The van der Waals surface area contributed by atoms with Crippen molar-refractivity contribution in [1.82, 2.24) is 25.1 Å². The van der Waals surface area contributed by atoms with Crippen LogP contribution in [0.1, 0.15) is 41.0 Å². The van der Waals surface area contributed by atoms with Gasteiger partial charge in [0.2, 0.25) is 0 Å². The maximum Gasteiger partial charge on any atom is 0.269 e. The minimum absolute atomic E-state index is 0.251. The number of carbonyl (C=O) groups is 1. The lowest BCUT2D eigenvalue weighted by Crippen LogP contribution is -2.45. The quantitative estimate of drug-likeness (QED) is 0.727. The van der Waals surface area contributed by atoms with Gasteiger partial charge in [0.25, 0.3) is 5.91 Å². The van der Waals surface area contributed by atoms with E-state index in [0.717, 1.165) is 11.3 Å². The van der Waals surface area contributed by atoms with Crippen LogP contribution in [0.4, 0.5) is 0 Å². The third-order valence-corrected chi connectivity index (χ3v) is 4.43. The standard InChI is InChI=1S/C16H21N5O3/c1-3-21-12(4-9(2)20-21)16(24)19-14-11(5-13(22)15(14)23)10-6-17-8-18-7-10/h4,6-8,11,13-15,22-23H,3,5H2,1-2H3,(H,19,24)/t11-,13-,14-,15-/m1/s1. The van der Waals surface area contributed by atoms with Crippen LogP contribution in [0.3, 0.4) is 0 Å². The Hall–Kier alpha value is -2.32. The molecule has 2 aromatic heterocycles. The Morgan fingerprint density at radius 1 is 1.38 bits per heavy atom. The van der Waals surface area contributed by atoms with Crippen molar-refractivity contribution in [3.63, 3.8) is 0 Å². The molecule has 128 valence electrons. The van der Waals surface area contributed by atoms with Crippen LogP contribution < -0.4 is 5.32 Å². The van der Waals surface area contributed by atoms with Crippen molar-refractivity contribution < 1.29 is 15.0 Å². The van der Waals surface area contributed by atoms with Gasteiger partial charge in [-0.1, -0.05) is 0 Å². The van der Waals surface area contributed by atoms with E-state index in [1.54, 1.807) is 23.1 Å². The Labute approximate surface area is 139 Å². The topological polar surface area (TPSA) is 113 Å². The molecule has 0 aromatic carbocycles. The van der Waals surface area contributed by atoms with Crippen LogP contribution in [-0.2, 0) is 6.54 Å². The number of aromatic nitrogens is 4. The Morgan fingerprint density at radius 2 is 2.08 bits per heavy atom. The number of hydrogen-bond acceptors (Lipinski definition) is 6. The molecule has 2 aromatic rings. The normalized spacial score (nSPS) is 26.5. The molecule has 0 aliphatic heterocycles. The van der Waals surface area contributed by atoms with Crippen LogP contribution in [0, 0.1) is 6.92 Å². The molecule has 1 amide bonds. The number of carbonyl (C=O) groups excluding carboxylic acids is 1. The lowest BCUT2D eigenvalue weighted by molar-refractivity contribution is 0.0293. The van der Waals surface area contributed by atoms with Gasteiger partial charge < -0.3 is 15.5 Å². The third kappa shape index (κ3) is 3.02. The summed E-state index contributed by atoms with van der Waals surface area (Å²) in [4.78, 5) is 20.6. The Kier molecular flexibility index (Phi) is 4.59. The summed E-state index contributed by atoms with van der Waals surface area (Å²) in [6.07, 6.45) is 3.09. The molecule has 0 bridgehead atoms. The SMILES string of the molecule is CCn1nc(C)cc1C(=O)N[C@H]1[C@H](O)[C@H](O)C[C@@H]1c1cncnc1. The van der Waals surface area contributed by atoms with E-state index in [-0.39, 0.29) is 11.8 Å². The maximum atomic E-state index is 12.6. The number of amides is 1. The highest BCUT2D eigenvalue weighted by Gasteiger charge is 2.43. The third-order valence-electron chi connectivity index (χ3n) is 4.43. The van der Waals surface area contributed by atoms with Gasteiger partial charge >= 0.3 is 0 Å². The summed E-state index contributed by atoms with van der Waals surface area (Å²) in [5.74, 6) is -0.573. The predicted octanol–water partition coefficient (Wildman–Crippen LogP) is 0.00912. The Bertz CT molecular complexity index is 718. The van der Waals surface area contributed by atoms with E-state index in [1.165, 1.54) is 6.33 Å². The van der Waals surface area contributed by atoms with E-state index in [9.17, 15) is 15.0 Å². The van der Waals surface area contributed by atoms with E-state index in [1.807, 2.05) is 13.8 Å². The molecular formula is C16H21N5O3. The van der Waals surface area contributed by atoms with Crippen molar-refractivity contribution in [2.45, 2.75) is 51.0 Å². The van der Waals surface area contributed by atoms with E-state index in [0.29, 0.717) is 18.7 Å². The Morgan fingerprint density at radius 3 is 2.75 bits per heavy atom. The van der Waals surface area contributed by atoms with Gasteiger partial charge in [0.15, 0.2) is 0 Å². The molecule has 24 heavy (non-hydrogen) atoms. The van der Waals surface area contributed by atoms with Crippen molar-refractivity contribution in [3.8, 4) is 0 Å². The predicted molar refractivity (Wildman–Crippen MR) is 85.3 cm³/mol. The van der Waals surface area contributed by atoms with Crippen LogP contribution in [0.5, 0.6) is 0 Å².